The average Bonchev–Trinajstić information content (AvgIpc) is 2.99. The number of nitrogens with zero attached hydrogens (tertiary/aromatic N) is 3. The maximum atomic E-state index is 13.2. The number of ketones is 1. The summed E-state index contributed by atoms with van der Waals surface area (Å²) in [6.45, 7) is 4.43. The topological polar surface area (TPSA) is 76.9 Å². The van der Waals surface area contributed by atoms with Crippen LogP contribution < -0.4 is 10.9 Å². The number of pyridine rings is 1. The van der Waals surface area contributed by atoms with E-state index in [1.54, 1.807) is 29.1 Å². The van der Waals surface area contributed by atoms with Gasteiger partial charge in [0.15, 0.2) is 5.78 Å². The molecule has 0 unspecified atom stereocenters. The zero-order valence-corrected chi connectivity index (χ0v) is 15.6. The second-order valence-electron chi connectivity index (χ2n) is 7.51. The molecular weight excluding hydrogens is 359 g/mol. The lowest BCUT2D eigenvalue weighted by atomic mass is 9.99. The van der Waals surface area contributed by atoms with Gasteiger partial charge in [-0.15, -0.1) is 0 Å². The van der Waals surface area contributed by atoms with Gasteiger partial charge in [-0.25, -0.2) is 9.37 Å². The Kier molecular flexibility index (Phi) is 4.30. The molecule has 0 amide bonds. The SMILES string of the molecule is CC1(C)Cn2c(nc(-c3ccncc3)c(CC(=O)c3ccc(F)cc3)c2=O)N1. The second-order valence-corrected chi connectivity index (χ2v) is 7.51. The summed E-state index contributed by atoms with van der Waals surface area (Å²) in [5.41, 5.74) is 1.29. The average molecular weight is 378 g/mol. The zero-order chi connectivity index (χ0) is 19.9. The number of carbonyl (C=O) groups excluding carboxylic acids is 1. The second kappa shape index (κ2) is 6.67. The van der Waals surface area contributed by atoms with Gasteiger partial charge in [0.05, 0.1) is 23.3 Å². The molecule has 0 bridgehead atoms. The maximum absolute atomic E-state index is 13.2. The van der Waals surface area contributed by atoms with Crippen molar-refractivity contribution >= 4 is 11.7 Å². The molecule has 4 rings (SSSR count). The van der Waals surface area contributed by atoms with Crippen LogP contribution in [0.1, 0.15) is 29.8 Å². The number of rotatable bonds is 4. The third-order valence-electron chi connectivity index (χ3n) is 4.72. The Balaban J connectivity index is 1.82. The van der Waals surface area contributed by atoms with E-state index in [1.165, 1.54) is 24.3 Å². The van der Waals surface area contributed by atoms with E-state index in [0.29, 0.717) is 34.9 Å². The van der Waals surface area contributed by atoms with Gasteiger partial charge in [-0.1, -0.05) is 0 Å². The Morgan fingerprint density at radius 1 is 1.18 bits per heavy atom. The Labute approximate surface area is 161 Å². The highest BCUT2D eigenvalue weighted by Crippen LogP contribution is 2.28. The first-order chi connectivity index (χ1) is 13.3. The predicted octanol–water partition coefficient (Wildman–Crippen LogP) is 3.07. The van der Waals surface area contributed by atoms with Crippen LogP contribution in [0.2, 0.25) is 0 Å². The van der Waals surface area contributed by atoms with Gasteiger partial charge in [-0.2, -0.15) is 0 Å². The number of Topliss-reactive ketones (excluding diaryl/α,β-unsaturated/α-hetero) is 1. The molecule has 1 N–H and O–H groups in total. The van der Waals surface area contributed by atoms with E-state index < -0.39 is 5.82 Å². The van der Waals surface area contributed by atoms with Gasteiger partial charge >= 0.3 is 0 Å². The van der Waals surface area contributed by atoms with Crippen LogP contribution in [0.4, 0.5) is 10.3 Å². The van der Waals surface area contributed by atoms with Gasteiger partial charge in [0.25, 0.3) is 5.56 Å². The van der Waals surface area contributed by atoms with E-state index in [4.69, 9.17) is 0 Å². The van der Waals surface area contributed by atoms with Crippen molar-refractivity contribution in [2.75, 3.05) is 5.32 Å². The Bertz CT molecular complexity index is 1110. The largest absolute Gasteiger partial charge is 0.349 e. The first kappa shape index (κ1) is 18.0. The van der Waals surface area contributed by atoms with Gasteiger partial charge in [-0.3, -0.25) is 19.1 Å². The summed E-state index contributed by atoms with van der Waals surface area (Å²) >= 11 is 0. The van der Waals surface area contributed by atoms with Crippen LogP contribution in [0.5, 0.6) is 0 Å². The summed E-state index contributed by atoms with van der Waals surface area (Å²) in [5, 5.41) is 3.25. The third-order valence-corrected chi connectivity index (χ3v) is 4.72. The smallest absolute Gasteiger partial charge is 0.259 e. The van der Waals surface area contributed by atoms with Gasteiger partial charge in [0.1, 0.15) is 5.82 Å². The first-order valence-electron chi connectivity index (χ1n) is 8.95. The molecule has 28 heavy (non-hydrogen) atoms. The number of fused-ring (bicyclic) bond motifs is 1. The minimum Gasteiger partial charge on any atom is -0.349 e. The van der Waals surface area contributed by atoms with Gasteiger partial charge in [-0.05, 0) is 50.2 Å². The first-order valence-corrected chi connectivity index (χ1v) is 8.95. The number of hydrogen-bond donors (Lipinski definition) is 1. The summed E-state index contributed by atoms with van der Waals surface area (Å²) < 4.78 is 14.7. The minimum absolute atomic E-state index is 0.115. The molecule has 3 aromatic rings. The summed E-state index contributed by atoms with van der Waals surface area (Å²) in [6, 6.07) is 8.82. The van der Waals surface area contributed by atoms with Gasteiger partial charge in [0, 0.05) is 29.9 Å². The fraction of sp³-hybridized carbons (Fsp3) is 0.238. The zero-order valence-electron chi connectivity index (χ0n) is 15.6. The van der Waals surface area contributed by atoms with Crippen molar-refractivity contribution in [3.63, 3.8) is 0 Å². The highest BCUT2D eigenvalue weighted by Gasteiger charge is 2.32. The molecule has 1 aliphatic heterocycles. The molecule has 3 heterocycles. The molecule has 0 atom stereocenters. The van der Waals surface area contributed by atoms with Crippen LogP contribution >= 0.6 is 0 Å². The summed E-state index contributed by atoms with van der Waals surface area (Å²) in [7, 11) is 0. The maximum Gasteiger partial charge on any atom is 0.259 e. The van der Waals surface area contributed by atoms with Crippen molar-refractivity contribution in [3.05, 3.63) is 76.1 Å². The Morgan fingerprint density at radius 3 is 2.54 bits per heavy atom. The summed E-state index contributed by atoms with van der Waals surface area (Å²) in [5.74, 6) is -0.193. The van der Waals surface area contributed by atoms with E-state index in [-0.39, 0.29) is 23.3 Å². The molecule has 2 aromatic heterocycles. The predicted molar refractivity (Wildman–Crippen MR) is 104 cm³/mol. The monoisotopic (exact) mass is 378 g/mol. The Hall–Kier alpha value is -3.35. The van der Waals surface area contributed by atoms with Gasteiger partial charge < -0.3 is 5.32 Å². The quantitative estimate of drug-likeness (QED) is 0.706. The van der Waals surface area contributed by atoms with Crippen LogP contribution in [0.3, 0.4) is 0 Å². The number of halogens is 1. The number of anilines is 1. The highest BCUT2D eigenvalue weighted by molar-refractivity contribution is 5.98. The van der Waals surface area contributed by atoms with Crippen LogP contribution in [-0.2, 0) is 13.0 Å². The van der Waals surface area contributed by atoms with Crippen molar-refractivity contribution in [2.24, 2.45) is 0 Å². The van der Waals surface area contributed by atoms with Crippen LogP contribution in [0.25, 0.3) is 11.3 Å². The molecule has 142 valence electrons. The standard InChI is InChI=1S/C21H19FN4O2/c1-21(2)12-26-19(28)16(11-17(27)13-3-5-15(22)6-4-13)18(24-20(26)25-21)14-7-9-23-10-8-14/h3-10H,11-12H2,1-2H3,(H,24,25). The van der Waals surface area contributed by atoms with Crippen molar-refractivity contribution < 1.29 is 9.18 Å². The molecular formula is C21H19FN4O2. The lowest BCUT2D eigenvalue weighted by molar-refractivity contribution is 0.0992. The van der Waals surface area contributed by atoms with E-state index in [1.807, 2.05) is 13.8 Å². The molecule has 0 spiro atoms. The number of nitrogens with one attached hydrogen (secondary N) is 1. The van der Waals surface area contributed by atoms with E-state index in [9.17, 15) is 14.0 Å². The number of benzene rings is 1. The van der Waals surface area contributed by atoms with Crippen molar-refractivity contribution in [1.82, 2.24) is 14.5 Å². The van der Waals surface area contributed by atoms with Crippen LogP contribution in [-0.4, -0.2) is 25.9 Å². The van der Waals surface area contributed by atoms with E-state index in [0.717, 1.165) is 0 Å². The van der Waals surface area contributed by atoms with Crippen molar-refractivity contribution in [2.45, 2.75) is 32.4 Å². The number of carbonyl (C=O) groups is 1. The Morgan fingerprint density at radius 2 is 1.86 bits per heavy atom. The molecule has 6 nitrogen and oxygen atoms in total. The van der Waals surface area contributed by atoms with E-state index >= 15 is 0 Å². The molecule has 0 fully saturated rings. The summed E-state index contributed by atoms with van der Waals surface area (Å²) in [4.78, 5) is 34.6. The van der Waals surface area contributed by atoms with Crippen LogP contribution in [0.15, 0.2) is 53.6 Å². The molecule has 0 saturated heterocycles. The highest BCUT2D eigenvalue weighted by atomic mass is 19.1. The summed E-state index contributed by atoms with van der Waals surface area (Å²) in [6.07, 6.45) is 3.12. The fourth-order valence-corrected chi connectivity index (χ4v) is 3.38. The number of aromatic nitrogens is 3. The fourth-order valence-electron chi connectivity index (χ4n) is 3.38. The van der Waals surface area contributed by atoms with Crippen LogP contribution in [0, 0.1) is 5.82 Å². The lowest BCUT2D eigenvalue weighted by Gasteiger charge is -2.15. The van der Waals surface area contributed by atoms with Crippen molar-refractivity contribution in [1.29, 1.82) is 0 Å². The van der Waals surface area contributed by atoms with Gasteiger partial charge in [0.2, 0.25) is 5.95 Å². The van der Waals surface area contributed by atoms with Crippen molar-refractivity contribution in [3.8, 4) is 11.3 Å². The van der Waals surface area contributed by atoms with E-state index in [2.05, 4.69) is 15.3 Å². The molecule has 0 aliphatic carbocycles. The third kappa shape index (κ3) is 3.31. The molecule has 0 radical (unpaired) electrons. The molecule has 0 saturated carbocycles. The molecule has 7 heteroatoms. The minimum atomic E-state index is -0.415. The molecule has 1 aliphatic rings. The lowest BCUT2D eigenvalue weighted by Crippen LogP contribution is -2.30. The number of hydrogen-bond acceptors (Lipinski definition) is 5. The normalized spacial score (nSPS) is 14.4. The molecule has 1 aromatic carbocycles.